The Labute approximate surface area is 266 Å². The molecule has 41 heavy (non-hydrogen) atoms. The Morgan fingerprint density at radius 2 is 0.780 bits per heavy atom. The summed E-state index contributed by atoms with van der Waals surface area (Å²) in [6, 6.07) is 3.84. The van der Waals surface area contributed by atoms with E-state index in [0.717, 1.165) is 11.1 Å². The molecule has 0 fully saturated rings. The zero-order chi connectivity index (χ0) is 31.4. The molecular formula is C32H50CuO6S2. The summed E-state index contributed by atoms with van der Waals surface area (Å²) in [6.45, 7) is 24.2. The molecule has 4 N–H and O–H groups in total. The molecule has 0 aliphatic heterocycles. The van der Waals surface area contributed by atoms with Crippen LogP contribution < -0.4 is 10.2 Å². The zero-order valence-corrected chi connectivity index (χ0v) is 29.3. The normalized spacial score (nSPS) is 12.4. The van der Waals surface area contributed by atoms with E-state index >= 15 is 0 Å². The van der Waals surface area contributed by atoms with Gasteiger partial charge in [0.25, 0.3) is 0 Å². The number of hydrogen-bond donors (Lipinski definition) is 4. The molecule has 237 valence electrons. The van der Waals surface area contributed by atoms with Gasteiger partial charge in [0.1, 0.15) is 11.5 Å². The first kappa shape index (κ1) is 39.8. The molecule has 0 atom stereocenters. The quantitative estimate of drug-likeness (QED) is 0.211. The summed E-state index contributed by atoms with van der Waals surface area (Å²) in [5, 5.41) is 63.3. The van der Waals surface area contributed by atoms with E-state index in [2.05, 4.69) is 41.5 Å². The summed E-state index contributed by atoms with van der Waals surface area (Å²) < 4.78 is 0. The molecule has 0 bridgehead atoms. The fourth-order valence-electron chi connectivity index (χ4n) is 4.08. The number of phenolic OH excluding ortho intramolecular Hbond substituents is 2. The van der Waals surface area contributed by atoms with Crippen molar-refractivity contribution in [2.24, 2.45) is 0 Å². The van der Waals surface area contributed by atoms with E-state index in [4.69, 9.17) is 10.2 Å². The van der Waals surface area contributed by atoms with Crippen LogP contribution in [0.15, 0.2) is 21.9 Å². The molecule has 0 amide bonds. The molecule has 9 heteroatoms. The fraction of sp³-hybridized carbons (Fsp3) is 0.625. The molecule has 0 aliphatic carbocycles. The molecule has 0 saturated carbocycles. The van der Waals surface area contributed by atoms with Crippen molar-refractivity contribution in [3.05, 3.63) is 34.4 Å². The Hall–Kier alpha value is -1.22. The van der Waals surface area contributed by atoms with Crippen LogP contribution in [0.25, 0.3) is 0 Å². The summed E-state index contributed by atoms with van der Waals surface area (Å²) in [5.74, 6) is -0.0333. The number of phenols is 2. The van der Waals surface area contributed by atoms with Gasteiger partial charge in [-0.3, -0.25) is 0 Å². The van der Waals surface area contributed by atoms with Crippen LogP contribution in [0.2, 0.25) is 0 Å². The fourth-order valence-corrected chi connectivity index (χ4v) is 6.17. The van der Waals surface area contributed by atoms with Gasteiger partial charge >= 0.3 is 17.1 Å². The average molecular weight is 658 g/mol. The van der Waals surface area contributed by atoms with Crippen molar-refractivity contribution in [1.82, 2.24) is 0 Å². The summed E-state index contributed by atoms with van der Waals surface area (Å²) in [5.41, 5.74) is 2.20. The van der Waals surface area contributed by atoms with E-state index in [-0.39, 0.29) is 74.9 Å². The van der Waals surface area contributed by atoms with Crippen LogP contribution in [-0.2, 0) is 38.7 Å². The van der Waals surface area contributed by atoms with Crippen LogP contribution in [-0.4, -0.2) is 45.1 Å². The molecule has 0 heterocycles. The van der Waals surface area contributed by atoms with Crippen molar-refractivity contribution in [1.29, 1.82) is 0 Å². The third kappa shape index (κ3) is 10.5. The van der Waals surface area contributed by atoms with Gasteiger partial charge in [-0.2, -0.15) is 0 Å². The second-order valence-electron chi connectivity index (χ2n) is 14.1. The molecule has 0 spiro atoms. The van der Waals surface area contributed by atoms with Crippen LogP contribution in [0.3, 0.4) is 0 Å². The molecule has 2 aromatic carbocycles. The molecular weight excluding hydrogens is 608 g/mol. The maximum absolute atomic E-state index is 12.4. The Kier molecular flexibility index (Phi) is 14.5. The SMILES string of the molecule is CC(C)(C)c1cc(C(C)(C)C)c(SCCO)c(O)c1[O-].CC(C)(C)c1cc(C(C)(C)C)c(SCCO)c(O)c1[O-].[Cu+2]. The first-order valence-electron chi connectivity index (χ1n) is 13.6. The smallest absolute Gasteiger partial charge is 0.870 e. The number of benzene rings is 2. The number of hydrogen-bond acceptors (Lipinski definition) is 8. The molecule has 1 radical (unpaired) electrons. The molecule has 6 nitrogen and oxygen atoms in total. The second-order valence-corrected chi connectivity index (χ2v) is 16.3. The molecule has 0 aromatic heterocycles. The molecule has 2 aromatic rings. The second kappa shape index (κ2) is 15.0. The largest absolute Gasteiger partial charge is 2.00 e. The third-order valence-electron chi connectivity index (χ3n) is 6.32. The van der Waals surface area contributed by atoms with Crippen molar-refractivity contribution in [2.45, 2.75) is 115 Å². The van der Waals surface area contributed by atoms with Gasteiger partial charge in [-0.25, -0.2) is 0 Å². The third-order valence-corrected chi connectivity index (χ3v) is 8.50. The van der Waals surface area contributed by atoms with E-state index < -0.39 is 0 Å². The minimum absolute atomic E-state index is 0. The minimum Gasteiger partial charge on any atom is -0.870 e. The minimum atomic E-state index is -0.311. The van der Waals surface area contributed by atoms with Gasteiger partial charge in [-0.15, -0.1) is 23.5 Å². The molecule has 2 rings (SSSR count). The van der Waals surface area contributed by atoms with Crippen molar-refractivity contribution in [3.63, 3.8) is 0 Å². The summed E-state index contributed by atoms with van der Waals surface area (Å²) in [6.07, 6.45) is 0. The predicted molar refractivity (Wildman–Crippen MR) is 166 cm³/mol. The van der Waals surface area contributed by atoms with Crippen molar-refractivity contribution < 1.29 is 47.7 Å². The van der Waals surface area contributed by atoms with E-state index in [1.54, 1.807) is 0 Å². The average Bonchev–Trinajstić information content (AvgIpc) is 2.78. The first-order chi connectivity index (χ1) is 18.0. The molecule has 0 aliphatic rings. The Morgan fingerprint density at radius 1 is 0.537 bits per heavy atom. The topological polar surface area (TPSA) is 127 Å². The number of thioether (sulfide) groups is 2. The summed E-state index contributed by atoms with van der Waals surface area (Å²) in [4.78, 5) is 1.20. The van der Waals surface area contributed by atoms with Crippen LogP contribution >= 0.6 is 23.5 Å². The first-order valence-corrected chi connectivity index (χ1v) is 15.6. The summed E-state index contributed by atoms with van der Waals surface area (Å²) >= 11 is 2.67. The number of aromatic hydroxyl groups is 2. The Morgan fingerprint density at radius 3 is 0.976 bits per heavy atom. The number of aliphatic hydroxyl groups excluding tert-OH is 2. The monoisotopic (exact) mass is 657 g/mol. The maximum Gasteiger partial charge on any atom is 2.00 e. The number of aliphatic hydroxyl groups is 2. The van der Waals surface area contributed by atoms with Crippen LogP contribution in [0.4, 0.5) is 0 Å². The van der Waals surface area contributed by atoms with Crippen molar-refractivity contribution in [3.8, 4) is 23.0 Å². The van der Waals surface area contributed by atoms with Crippen LogP contribution in [0.5, 0.6) is 23.0 Å². The van der Waals surface area contributed by atoms with Gasteiger partial charge in [-0.05, 0) is 43.9 Å². The number of rotatable bonds is 6. The maximum atomic E-state index is 12.4. The van der Waals surface area contributed by atoms with E-state index in [1.165, 1.54) is 23.5 Å². The van der Waals surface area contributed by atoms with Crippen molar-refractivity contribution >= 4 is 23.5 Å². The van der Waals surface area contributed by atoms with Gasteiger partial charge < -0.3 is 30.6 Å². The van der Waals surface area contributed by atoms with E-state index in [9.17, 15) is 20.4 Å². The van der Waals surface area contributed by atoms with Gasteiger partial charge in [0.2, 0.25) is 0 Å². The van der Waals surface area contributed by atoms with Gasteiger partial charge in [0.15, 0.2) is 0 Å². The standard InChI is InChI=1S/2C16H26O3S.Cu/c2*1-15(2,3)10-9-11(16(4,5)6)14(20-8-7-17)13(19)12(10)18;/h2*9,17-19H,7-8H2,1-6H3;/q;;+2/p-2. The van der Waals surface area contributed by atoms with E-state index in [0.29, 0.717) is 32.4 Å². The zero-order valence-electron chi connectivity index (χ0n) is 26.7. The van der Waals surface area contributed by atoms with Crippen molar-refractivity contribution in [2.75, 3.05) is 24.7 Å². The van der Waals surface area contributed by atoms with Crippen LogP contribution in [0.1, 0.15) is 105 Å². The summed E-state index contributed by atoms with van der Waals surface area (Å²) in [7, 11) is 0. The van der Waals surface area contributed by atoms with E-state index in [1.807, 2.05) is 53.7 Å². The van der Waals surface area contributed by atoms with Gasteiger partial charge in [0.05, 0.1) is 23.0 Å². The Bertz CT molecular complexity index is 1060. The predicted octanol–water partition coefficient (Wildman–Crippen LogP) is 6.29. The van der Waals surface area contributed by atoms with Crippen LogP contribution in [0, 0.1) is 0 Å². The molecule has 0 unspecified atom stereocenters. The van der Waals surface area contributed by atoms with Gasteiger partial charge in [-0.1, -0.05) is 107 Å². The van der Waals surface area contributed by atoms with Gasteiger partial charge in [0, 0.05) is 11.5 Å². The molecule has 0 saturated heterocycles. The Balaban J connectivity index is 0.000000762.